The summed E-state index contributed by atoms with van der Waals surface area (Å²) in [6.07, 6.45) is 0. The summed E-state index contributed by atoms with van der Waals surface area (Å²) in [6.45, 7) is 1.42. The van der Waals surface area contributed by atoms with E-state index in [0.29, 0.717) is 20.7 Å². The molecule has 0 aliphatic carbocycles. The Hall–Kier alpha value is -2.22. The zero-order valence-corrected chi connectivity index (χ0v) is 14.9. The molecule has 122 valence electrons. The van der Waals surface area contributed by atoms with Gasteiger partial charge in [0.15, 0.2) is 5.13 Å². The van der Waals surface area contributed by atoms with Crippen molar-refractivity contribution < 1.29 is 9.59 Å². The number of amides is 2. The van der Waals surface area contributed by atoms with Gasteiger partial charge >= 0.3 is 0 Å². The highest BCUT2D eigenvalue weighted by molar-refractivity contribution is 7.20. The molecule has 3 aromatic rings. The average Bonchev–Trinajstić information content (AvgIpc) is 3.16. The molecule has 0 atom stereocenters. The van der Waals surface area contributed by atoms with Crippen LogP contribution in [0.2, 0.25) is 4.34 Å². The Balaban J connectivity index is 1.73. The smallest absolute Gasteiger partial charge is 0.257 e. The molecule has 0 saturated heterocycles. The van der Waals surface area contributed by atoms with Crippen molar-refractivity contribution in [2.75, 3.05) is 10.6 Å². The van der Waals surface area contributed by atoms with Gasteiger partial charge in [0.25, 0.3) is 5.91 Å². The van der Waals surface area contributed by atoms with Crippen LogP contribution in [-0.2, 0) is 4.79 Å². The zero-order valence-electron chi connectivity index (χ0n) is 12.5. The van der Waals surface area contributed by atoms with Gasteiger partial charge in [-0.3, -0.25) is 14.9 Å². The number of benzene rings is 1. The quantitative estimate of drug-likeness (QED) is 0.690. The van der Waals surface area contributed by atoms with Crippen LogP contribution >= 0.6 is 34.3 Å². The van der Waals surface area contributed by atoms with E-state index in [1.165, 1.54) is 29.6 Å². The Bertz CT molecular complexity index is 904. The van der Waals surface area contributed by atoms with Gasteiger partial charge in [0.05, 0.1) is 14.9 Å². The molecule has 2 heterocycles. The van der Waals surface area contributed by atoms with E-state index in [2.05, 4.69) is 15.6 Å². The highest BCUT2D eigenvalue weighted by Gasteiger charge is 2.12. The minimum atomic E-state index is -0.285. The Kier molecular flexibility index (Phi) is 4.94. The summed E-state index contributed by atoms with van der Waals surface area (Å²) in [5.74, 6) is -0.473. The number of nitrogens with zero attached hydrogens (tertiary/aromatic N) is 1. The van der Waals surface area contributed by atoms with E-state index in [0.717, 1.165) is 10.6 Å². The molecular formula is C16H12ClN3O2S2. The number of rotatable bonds is 4. The molecule has 0 aliphatic heterocycles. The zero-order chi connectivity index (χ0) is 17.1. The number of aromatic nitrogens is 1. The lowest BCUT2D eigenvalue weighted by atomic mass is 10.2. The fourth-order valence-electron chi connectivity index (χ4n) is 2.01. The third kappa shape index (κ3) is 4.00. The monoisotopic (exact) mass is 377 g/mol. The van der Waals surface area contributed by atoms with E-state index in [4.69, 9.17) is 11.6 Å². The van der Waals surface area contributed by atoms with Gasteiger partial charge in [-0.15, -0.1) is 22.7 Å². The first-order valence-corrected chi connectivity index (χ1v) is 8.99. The predicted molar refractivity (Wildman–Crippen MR) is 99.1 cm³/mol. The van der Waals surface area contributed by atoms with Crippen molar-refractivity contribution in [3.05, 3.63) is 51.7 Å². The highest BCUT2D eigenvalue weighted by Crippen LogP contribution is 2.32. The van der Waals surface area contributed by atoms with Crippen LogP contribution < -0.4 is 10.6 Å². The summed E-state index contributed by atoms with van der Waals surface area (Å²) < 4.78 is 0.693. The summed E-state index contributed by atoms with van der Waals surface area (Å²) in [6, 6.07) is 10.4. The van der Waals surface area contributed by atoms with Crippen LogP contribution in [0.5, 0.6) is 0 Å². The largest absolute Gasteiger partial charge is 0.326 e. The van der Waals surface area contributed by atoms with Gasteiger partial charge in [-0.05, 0) is 30.3 Å². The number of carbonyl (C=O) groups excluding carboxylic acids is 2. The van der Waals surface area contributed by atoms with E-state index in [1.54, 1.807) is 24.3 Å². The molecule has 3 rings (SSSR count). The lowest BCUT2D eigenvalue weighted by molar-refractivity contribution is -0.114. The molecule has 0 unspecified atom stereocenters. The van der Waals surface area contributed by atoms with Crippen molar-refractivity contribution in [3.63, 3.8) is 0 Å². The lowest BCUT2D eigenvalue weighted by Gasteiger charge is -2.05. The van der Waals surface area contributed by atoms with E-state index in [9.17, 15) is 9.59 Å². The van der Waals surface area contributed by atoms with Crippen molar-refractivity contribution >= 4 is 56.9 Å². The first-order chi connectivity index (χ1) is 11.5. The normalized spacial score (nSPS) is 10.4. The van der Waals surface area contributed by atoms with Crippen molar-refractivity contribution in [2.45, 2.75) is 6.92 Å². The number of thiophene rings is 1. The van der Waals surface area contributed by atoms with Crippen LogP contribution in [0.1, 0.15) is 17.3 Å². The standard InChI is InChI=1S/C16H12ClN3O2S2/c1-9(21)18-11-4-2-3-10(7-11)15(22)20-16-19-12(8-23-16)13-5-6-14(17)24-13/h2-8H,1H3,(H,18,21)(H,19,20,22). The molecule has 5 nitrogen and oxygen atoms in total. The van der Waals surface area contributed by atoms with Crippen LogP contribution in [0.25, 0.3) is 10.6 Å². The van der Waals surface area contributed by atoms with Crippen molar-refractivity contribution in [1.82, 2.24) is 4.98 Å². The van der Waals surface area contributed by atoms with E-state index >= 15 is 0 Å². The molecule has 0 radical (unpaired) electrons. The second-order valence-corrected chi connectivity index (χ2v) is 7.43. The van der Waals surface area contributed by atoms with Crippen molar-refractivity contribution in [1.29, 1.82) is 0 Å². The van der Waals surface area contributed by atoms with Gasteiger partial charge in [-0.25, -0.2) is 4.98 Å². The Morgan fingerprint density at radius 1 is 1.17 bits per heavy atom. The summed E-state index contributed by atoms with van der Waals surface area (Å²) >= 11 is 8.70. The maximum absolute atomic E-state index is 12.3. The number of carbonyl (C=O) groups is 2. The molecule has 2 aromatic heterocycles. The number of thiazole rings is 1. The fraction of sp³-hybridized carbons (Fsp3) is 0.0625. The minimum Gasteiger partial charge on any atom is -0.326 e. The Morgan fingerprint density at radius 2 is 2.00 bits per heavy atom. The Morgan fingerprint density at radius 3 is 2.71 bits per heavy atom. The molecule has 0 aliphatic rings. The number of anilines is 2. The van der Waals surface area contributed by atoms with Gasteiger partial charge in [-0.2, -0.15) is 0 Å². The first kappa shape index (κ1) is 16.6. The third-order valence-corrected chi connectivity index (χ3v) is 5.01. The maximum atomic E-state index is 12.3. The first-order valence-electron chi connectivity index (χ1n) is 6.91. The predicted octanol–water partition coefficient (Wildman–Crippen LogP) is 4.74. The molecule has 0 bridgehead atoms. The third-order valence-electron chi connectivity index (χ3n) is 3.00. The lowest BCUT2D eigenvalue weighted by Crippen LogP contribution is -2.13. The number of nitrogens with one attached hydrogen (secondary N) is 2. The number of hydrogen-bond donors (Lipinski definition) is 2. The van der Waals surface area contributed by atoms with Gasteiger partial charge in [0, 0.05) is 23.6 Å². The second kappa shape index (κ2) is 7.12. The van der Waals surface area contributed by atoms with Gasteiger partial charge < -0.3 is 5.32 Å². The van der Waals surface area contributed by atoms with Gasteiger partial charge in [-0.1, -0.05) is 17.7 Å². The highest BCUT2D eigenvalue weighted by atomic mass is 35.5. The van der Waals surface area contributed by atoms with E-state index < -0.39 is 0 Å². The second-order valence-electron chi connectivity index (χ2n) is 4.86. The topological polar surface area (TPSA) is 71.1 Å². The van der Waals surface area contributed by atoms with Crippen molar-refractivity contribution in [3.8, 4) is 10.6 Å². The average molecular weight is 378 g/mol. The molecular weight excluding hydrogens is 366 g/mol. The molecule has 2 N–H and O–H groups in total. The number of hydrogen-bond acceptors (Lipinski definition) is 5. The molecule has 0 fully saturated rings. The van der Waals surface area contributed by atoms with Crippen LogP contribution in [0, 0.1) is 0 Å². The molecule has 1 aromatic carbocycles. The summed E-state index contributed by atoms with van der Waals surface area (Å²) in [5, 5.41) is 7.78. The molecule has 24 heavy (non-hydrogen) atoms. The Labute approximate surface area is 151 Å². The van der Waals surface area contributed by atoms with Crippen LogP contribution in [0.3, 0.4) is 0 Å². The van der Waals surface area contributed by atoms with Crippen LogP contribution in [0.15, 0.2) is 41.8 Å². The molecule has 0 spiro atoms. The molecule has 0 saturated carbocycles. The number of halogens is 1. The van der Waals surface area contributed by atoms with E-state index in [-0.39, 0.29) is 11.8 Å². The SMILES string of the molecule is CC(=O)Nc1cccc(C(=O)Nc2nc(-c3ccc(Cl)s3)cs2)c1. The summed E-state index contributed by atoms with van der Waals surface area (Å²) in [5.41, 5.74) is 1.79. The fourth-order valence-corrected chi connectivity index (χ4v) is 3.79. The van der Waals surface area contributed by atoms with Gasteiger partial charge in [0.2, 0.25) is 5.91 Å². The van der Waals surface area contributed by atoms with Gasteiger partial charge in [0.1, 0.15) is 0 Å². The van der Waals surface area contributed by atoms with E-state index in [1.807, 2.05) is 17.5 Å². The van der Waals surface area contributed by atoms with Crippen molar-refractivity contribution in [2.24, 2.45) is 0 Å². The molecule has 8 heteroatoms. The van der Waals surface area contributed by atoms with Crippen LogP contribution in [-0.4, -0.2) is 16.8 Å². The summed E-state index contributed by atoms with van der Waals surface area (Å²) in [7, 11) is 0. The minimum absolute atomic E-state index is 0.188. The maximum Gasteiger partial charge on any atom is 0.257 e. The summed E-state index contributed by atoms with van der Waals surface area (Å²) in [4.78, 5) is 28.8. The molecule has 2 amide bonds. The van der Waals surface area contributed by atoms with Crippen LogP contribution in [0.4, 0.5) is 10.8 Å².